The minimum atomic E-state index is -0.268. The van der Waals surface area contributed by atoms with Crippen molar-refractivity contribution in [1.82, 2.24) is 4.90 Å². The van der Waals surface area contributed by atoms with Crippen molar-refractivity contribution in [3.05, 3.63) is 35.1 Å². The lowest BCUT2D eigenvalue weighted by atomic mass is 9.91. The number of carbonyl (C=O) groups is 1. The molecule has 3 nitrogen and oxygen atoms in total. The molecule has 1 aromatic rings. The maximum atomic E-state index is 13.7. The van der Waals surface area contributed by atoms with Gasteiger partial charge in [-0.3, -0.25) is 4.79 Å². The summed E-state index contributed by atoms with van der Waals surface area (Å²) in [4.78, 5) is 14.1. The van der Waals surface area contributed by atoms with E-state index in [0.717, 1.165) is 25.7 Å². The minimum Gasteiger partial charge on any atom is -0.331 e. The third kappa shape index (κ3) is 2.47. The van der Waals surface area contributed by atoms with E-state index in [4.69, 9.17) is 5.73 Å². The van der Waals surface area contributed by atoms with E-state index in [9.17, 15) is 9.18 Å². The van der Waals surface area contributed by atoms with Crippen LogP contribution in [-0.4, -0.2) is 22.9 Å². The van der Waals surface area contributed by atoms with E-state index in [-0.39, 0.29) is 36.2 Å². The molecule has 0 unspecified atom stereocenters. The van der Waals surface area contributed by atoms with Gasteiger partial charge in [0.25, 0.3) is 5.91 Å². The molecule has 5 heteroatoms. The highest BCUT2D eigenvalue weighted by molar-refractivity contribution is 5.98. The Hall–Kier alpha value is -1.13. The molecule has 2 aliphatic rings. The fourth-order valence-electron chi connectivity index (χ4n) is 3.02. The maximum Gasteiger partial charge on any atom is 0.254 e. The summed E-state index contributed by atoms with van der Waals surface area (Å²) in [6.07, 6.45) is 3.77. The van der Waals surface area contributed by atoms with E-state index in [1.54, 1.807) is 12.1 Å². The zero-order valence-corrected chi connectivity index (χ0v) is 11.5. The highest BCUT2D eigenvalue weighted by atomic mass is 35.5. The summed E-state index contributed by atoms with van der Waals surface area (Å²) in [5.41, 5.74) is 6.96. The fraction of sp³-hybridized carbons (Fsp3) is 0.500. The Balaban J connectivity index is 0.00000133. The standard InChI is InChI=1S/C14H17FN2O.ClH/c15-13-3-1-2-11-12(13)8-17(14(11)18)10-6-4-9(16)5-7-10;/h1-3,9-10H,4-8,16H2;1H. The number of hydrogen-bond acceptors (Lipinski definition) is 2. The number of halogens is 2. The summed E-state index contributed by atoms with van der Waals surface area (Å²) in [5.74, 6) is -0.291. The van der Waals surface area contributed by atoms with Crippen molar-refractivity contribution in [3.63, 3.8) is 0 Å². The number of carbonyl (C=O) groups excluding carboxylic acids is 1. The summed E-state index contributed by atoms with van der Waals surface area (Å²) in [6, 6.07) is 5.23. The van der Waals surface area contributed by atoms with E-state index in [0.29, 0.717) is 17.7 Å². The molecule has 2 N–H and O–H groups in total. The number of amides is 1. The first-order valence-corrected chi connectivity index (χ1v) is 6.51. The van der Waals surface area contributed by atoms with Gasteiger partial charge in [-0.1, -0.05) is 6.07 Å². The molecule has 104 valence electrons. The quantitative estimate of drug-likeness (QED) is 0.861. The van der Waals surface area contributed by atoms with Gasteiger partial charge in [0.1, 0.15) is 5.82 Å². The first kappa shape index (κ1) is 14.3. The number of nitrogens with two attached hydrogens (primary N) is 1. The van der Waals surface area contributed by atoms with Crippen molar-refractivity contribution < 1.29 is 9.18 Å². The van der Waals surface area contributed by atoms with Gasteiger partial charge < -0.3 is 10.6 Å². The molecule has 19 heavy (non-hydrogen) atoms. The van der Waals surface area contributed by atoms with Crippen LogP contribution in [0.3, 0.4) is 0 Å². The van der Waals surface area contributed by atoms with Crippen LogP contribution >= 0.6 is 12.4 Å². The second-order valence-electron chi connectivity index (χ2n) is 5.27. The van der Waals surface area contributed by atoms with Gasteiger partial charge in [0.2, 0.25) is 0 Å². The second kappa shape index (κ2) is 5.47. The predicted molar refractivity (Wildman–Crippen MR) is 73.8 cm³/mol. The molecule has 0 atom stereocenters. The lowest BCUT2D eigenvalue weighted by Gasteiger charge is -2.33. The van der Waals surface area contributed by atoms with Crippen LogP contribution in [0.2, 0.25) is 0 Å². The van der Waals surface area contributed by atoms with E-state index >= 15 is 0 Å². The Labute approximate surface area is 118 Å². The molecule has 1 aliphatic carbocycles. The molecule has 0 aromatic heterocycles. The van der Waals surface area contributed by atoms with E-state index in [2.05, 4.69) is 0 Å². The topological polar surface area (TPSA) is 46.3 Å². The van der Waals surface area contributed by atoms with Crippen molar-refractivity contribution in [2.75, 3.05) is 0 Å². The lowest BCUT2D eigenvalue weighted by molar-refractivity contribution is 0.0652. The Morgan fingerprint density at radius 2 is 1.89 bits per heavy atom. The smallest absolute Gasteiger partial charge is 0.254 e. The fourth-order valence-corrected chi connectivity index (χ4v) is 3.02. The van der Waals surface area contributed by atoms with Gasteiger partial charge in [-0.05, 0) is 37.8 Å². The SMILES string of the molecule is Cl.NC1CCC(N2Cc3c(F)cccc3C2=O)CC1. The molecule has 1 saturated carbocycles. The molecule has 1 amide bonds. The zero-order valence-electron chi connectivity index (χ0n) is 10.6. The minimum absolute atomic E-state index is 0. The van der Waals surface area contributed by atoms with Crippen molar-refractivity contribution in [3.8, 4) is 0 Å². The van der Waals surface area contributed by atoms with Gasteiger partial charge in [0.15, 0.2) is 0 Å². The number of benzene rings is 1. The summed E-state index contributed by atoms with van der Waals surface area (Å²) >= 11 is 0. The second-order valence-corrected chi connectivity index (χ2v) is 5.27. The van der Waals surface area contributed by atoms with Crippen LogP contribution in [0.25, 0.3) is 0 Å². The average Bonchev–Trinajstić information content (AvgIpc) is 2.70. The first-order valence-electron chi connectivity index (χ1n) is 6.51. The number of rotatable bonds is 1. The van der Waals surface area contributed by atoms with Crippen molar-refractivity contribution in [1.29, 1.82) is 0 Å². The number of nitrogens with zero attached hydrogens (tertiary/aromatic N) is 1. The molecule has 1 aromatic carbocycles. The molecule has 0 spiro atoms. The Kier molecular flexibility index (Phi) is 4.11. The van der Waals surface area contributed by atoms with E-state index in [1.807, 2.05) is 4.90 Å². The molecule has 1 aliphatic heterocycles. The Morgan fingerprint density at radius 1 is 1.21 bits per heavy atom. The third-order valence-corrected chi connectivity index (χ3v) is 4.12. The first-order chi connectivity index (χ1) is 8.66. The van der Waals surface area contributed by atoms with Gasteiger partial charge in [-0.15, -0.1) is 12.4 Å². The van der Waals surface area contributed by atoms with Crippen LogP contribution in [0.1, 0.15) is 41.6 Å². The number of fused-ring (bicyclic) bond motifs is 1. The predicted octanol–water partition coefficient (Wildman–Crippen LogP) is 2.47. The van der Waals surface area contributed by atoms with Gasteiger partial charge in [0.05, 0.1) is 0 Å². The summed E-state index contributed by atoms with van der Waals surface area (Å²) in [5, 5.41) is 0. The third-order valence-electron chi connectivity index (χ3n) is 4.12. The maximum absolute atomic E-state index is 13.7. The summed E-state index contributed by atoms with van der Waals surface area (Å²) < 4.78 is 13.7. The average molecular weight is 285 g/mol. The molecule has 1 heterocycles. The summed E-state index contributed by atoms with van der Waals surface area (Å²) in [6.45, 7) is 0.417. The van der Waals surface area contributed by atoms with Crippen molar-refractivity contribution >= 4 is 18.3 Å². The normalized spacial score (nSPS) is 26.0. The molecule has 1 fully saturated rings. The molecular formula is C14H18ClFN2O. The Bertz CT molecular complexity index is 486. The molecule has 0 saturated heterocycles. The van der Waals surface area contributed by atoms with Crippen LogP contribution in [-0.2, 0) is 6.54 Å². The van der Waals surface area contributed by atoms with Gasteiger partial charge in [-0.2, -0.15) is 0 Å². The van der Waals surface area contributed by atoms with Crippen LogP contribution in [0, 0.1) is 5.82 Å². The zero-order chi connectivity index (χ0) is 12.7. The summed E-state index contributed by atoms with van der Waals surface area (Å²) in [7, 11) is 0. The van der Waals surface area contributed by atoms with Crippen molar-refractivity contribution in [2.45, 2.75) is 44.3 Å². The largest absolute Gasteiger partial charge is 0.331 e. The lowest BCUT2D eigenvalue weighted by Crippen LogP contribution is -2.40. The van der Waals surface area contributed by atoms with E-state index in [1.165, 1.54) is 6.07 Å². The van der Waals surface area contributed by atoms with Gasteiger partial charge in [0, 0.05) is 29.8 Å². The molecule has 3 rings (SSSR count). The van der Waals surface area contributed by atoms with E-state index < -0.39 is 0 Å². The Morgan fingerprint density at radius 3 is 2.53 bits per heavy atom. The number of hydrogen-bond donors (Lipinski definition) is 1. The molecule has 0 radical (unpaired) electrons. The highest BCUT2D eigenvalue weighted by Gasteiger charge is 2.35. The monoisotopic (exact) mass is 284 g/mol. The van der Waals surface area contributed by atoms with Crippen LogP contribution in [0.15, 0.2) is 18.2 Å². The van der Waals surface area contributed by atoms with Gasteiger partial charge in [-0.25, -0.2) is 4.39 Å². The van der Waals surface area contributed by atoms with Crippen LogP contribution < -0.4 is 5.73 Å². The van der Waals surface area contributed by atoms with Crippen LogP contribution in [0.5, 0.6) is 0 Å². The molecular weight excluding hydrogens is 267 g/mol. The van der Waals surface area contributed by atoms with Gasteiger partial charge >= 0.3 is 0 Å². The van der Waals surface area contributed by atoms with Crippen LogP contribution in [0.4, 0.5) is 4.39 Å². The van der Waals surface area contributed by atoms with Crippen molar-refractivity contribution in [2.24, 2.45) is 5.73 Å². The molecule has 0 bridgehead atoms. The highest BCUT2D eigenvalue weighted by Crippen LogP contribution is 2.31.